The van der Waals surface area contributed by atoms with Crippen LogP contribution in [0, 0.1) is 0 Å². The molecule has 0 aliphatic carbocycles. The average Bonchev–Trinajstić information content (AvgIpc) is 3.64. The highest BCUT2D eigenvalue weighted by Crippen LogP contribution is 2.44. The van der Waals surface area contributed by atoms with E-state index in [1.807, 2.05) is 0 Å². The molecule has 1 heterocycles. The van der Waals surface area contributed by atoms with Crippen LogP contribution in [-0.2, 0) is 0 Å². The van der Waals surface area contributed by atoms with Crippen LogP contribution in [0.3, 0.4) is 0 Å². The van der Waals surface area contributed by atoms with Crippen molar-refractivity contribution in [3.63, 3.8) is 0 Å². The topological polar surface area (TPSA) is 16.4 Å². The summed E-state index contributed by atoms with van der Waals surface area (Å²) >= 11 is 0. The first kappa shape index (κ1) is 31.6. The molecule has 2 nitrogen and oxygen atoms in total. The third-order valence-electron chi connectivity index (χ3n) is 10.5. The van der Waals surface area contributed by atoms with Crippen LogP contribution in [0.1, 0.15) is 0 Å². The van der Waals surface area contributed by atoms with Gasteiger partial charge in [0.15, 0.2) is 0 Å². The maximum absolute atomic E-state index is 6.53. The summed E-state index contributed by atoms with van der Waals surface area (Å²) in [5, 5.41) is 4.60. The molecule has 0 aliphatic rings. The molecule has 0 fully saturated rings. The van der Waals surface area contributed by atoms with Gasteiger partial charge in [-0.3, -0.25) is 0 Å². The fourth-order valence-corrected chi connectivity index (χ4v) is 7.78. The number of rotatable bonds is 7. The van der Waals surface area contributed by atoms with Gasteiger partial charge in [-0.15, -0.1) is 0 Å². The van der Waals surface area contributed by atoms with Gasteiger partial charge in [-0.05, 0) is 98.2 Å². The second-order valence-corrected chi connectivity index (χ2v) is 13.7. The Bertz CT molecular complexity index is 2890. The minimum Gasteiger partial charge on any atom is -0.456 e. The van der Waals surface area contributed by atoms with Crippen molar-refractivity contribution in [3.8, 4) is 44.5 Å². The molecule has 0 amide bonds. The van der Waals surface area contributed by atoms with Gasteiger partial charge >= 0.3 is 0 Å². The lowest BCUT2D eigenvalue weighted by Crippen LogP contribution is -2.11. The lowest BCUT2D eigenvalue weighted by atomic mass is 9.97. The average molecular weight is 690 g/mol. The number of nitrogens with zero attached hydrogens (tertiary/aromatic N) is 1. The maximum Gasteiger partial charge on any atom is 0.136 e. The van der Waals surface area contributed by atoms with Gasteiger partial charge in [0, 0.05) is 27.7 Å². The summed E-state index contributed by atoms with van der Waals surface area (Å²) in [6.45, 7) is 0. The number of anilines is 3. The Hall–Kier alpha value is -7.16. The van der Waals surface area contributed by atoms with Gasteiger partial charge in [-0.25, -0.2) is 0 Å². The molecule has 0 saturated carbocycles. The van der Waals surface area contributed by atoms with Crippen molar-refractivity contribution >= 4 is 49.8 Å². The Balaban J connectivity index is 1.12. The second-order valence-electron chi connectivity index (χ2n) is 13.7. The highest BCUT2D eigenvalue weighted by Gasteiger charge is 2.20. The van der Waals surface area contributed by atoms with Crippen molar-refractivity contribution in [3.05, 3.63) is 212 Å². The van der Waals surface area contributed by atoms with Crippen LogP contribution >= 0.6 is 0 Å². The molecule has 0 N–H and O–H groups in total. The molecule has 10 rings (SSSR count). The molecular formula is C52H35NO. The fraction of sp³-hybridized carbons (Fsp3) is 0. The Kier molecular flexibility index (Phi) is 7.85. The maximum atomic E-state index is 6.53. The number of fused-ring (bicyclic) bond motifs is 5. The summed E-state index contributed by atoms with van der Waals surface area (Å²) < 4.78 is 6.53. The summed E-state index contributed by atoms with van der Waals surface area (Å²) in [5.74, 6) is 0. The quantitative estimate of drug-likeness (QED) is 0.166. The minimum absolute atomic E-state index is 0.872. The number of hydrogen-bond donors (Lipinski definition) is 0. The SMILES string of the molecule is c1ccc(-c2ccc(-c3ccc(N(c4ccc5oc6ccc7ccc(-c8ccccc8)cc7c6c5c4)c4ccccc4-c4ccccc4)cc3)cc2)cc1. The van der Waals surface area contributed by atoms with Crippen molar-refractivity contribution in [2.45, 2.75) is 0 Å². The Morgan fingerprint density at radius 2 is 0.796 bits per heavy atom. The zero-order valence-corrected chi connectivity index (χ0v) is 29.6. The van der Waals surface area contributed by atoms with E-state index in [2.05, 4.69) is 217 Å². The van der Waals surface area contributed by atoms with Crippen molar-refractivity contribution < 1.29 is 4.42 Å². The molecular weight excluding hydrogens is 655 g/mol. The summed E-state index contributed by atoms with van der Waals surface area (Å²) in [4.78, 5) is 2.38. The molecule has 0 atom stereocenters. The smallest absolute Gasteiger partial charge is 0.136 e. The first-order valence-electron chi connectivity index (χ1n) is 18.4. The van der Waals surface area contributed by atoms with E-state index in [0.29, 0.717) is 0 Å². The molecule has 0 unspecified atom stereocenters. The van der Waals surface area contributed by atoms with Crippen LogP contribution in [0.4, 0.5) is 17.1 Å². The highest BCUT2D eigenvalue weighted by atomic mass is 16.3. The predicted octanol–water partition coefficient (Wildman–Crippen LogP) is 14.9. The van der Waals surface area contributed by atoms with Crippen LogP contribution in [0.15, 0.2) is 217 Å². The van der Waals surface area contributed by atoms with Gasteiger partial charge < -0.3 is 9.32 Å². The normalized spacial score (nSPS) is 11.3. The van der Waals surface area contributed by atoms with E-state index < -0.39 is 0 Å². The van der Waals surface area contributed by atoms with Gasteiger partial charge in [-0.1, -0.05) is 164 Å². The lowest BCUT2D eigenvalue weighted by Gasteiger charge is -2.28. The van der Waals surface area contributed by atoms with E-state index in [0.717, 1.165) is 44.6 Å². The number of para-hydroxylation sites is 1. The Labute approximate surface area is 314 Å². The summed E-state index contributed by atoms with van der Waals surface area (Å²) in [6, 6.07) is 75.8. The minimum atomic E-state index is 0.872. The molecule has 9 aromatic carbocycles. The largest absolute Gasteiger partial charge is 0.456 e. The number of benzene rings is 9. The highest BCUT2D eigenvalue weighted by molar-refractivity contribution is 6.20. The van der Waals surface area contributed by atoms with Gasteiger partial charge in [0.05, 0.1) is 5.69 Å². The van der Waals surface area contributed by atoms with Crippen molar-refractivity contribution in [2.75, 3.05) is 4.90 Å². The van der Waals surface area contributed by atoms with Crippen molar-refractivity contribution in [1.82, 2.24) is 0 Å². The molecule has 1 aromatic heterocycles. The van der Waals surface area contributed by atoms with E-state index in [1.54, 1.807) is 0 Å². The number of hydrogen-bond acceptors (Lipinski definition) is 2. The summed E-state index contributed by atoms with van der Waals surface area (Å²) in [5.41, 5.74) is 14.5. The second kappa shape index (κ2) is 13.4. The number of furan rings is 1. The first-order chi connectivity index (χ1) is 26.8. The van der Waals surface area contributed by atoms with Crippen LogP contribution in [0.2, 0.25) is 0 Å². The van der Waals surface area contributed by atoms with Crippen LogP contribution in [0.5, 0.6) is 0 Å². The van der Waals surface area contributed by atoms with E-state index in [1.165, 1.54) is 49.7 Å². The fourth-order valence-electron chi connectivity index (χ4n) is 7.78. The molecule has 254 valence electrons. The van der Waals surface area contributed by atoms with E-state index in [4.69, 9.17) is 4.42 Å². The molecule has 0 radical (unpaired) electrons. The van der Waals surface area contributed by atoms with Crippen molar-refractivity contribution in [2.24, 2.45) is 0 Å². The van der Waals surface area contributed by atoms with Crippen LogP contribution in [-0.4, -0.2) is 0 Å². The van der Waals surface area contributed by atoms with Crippen molar-refractivity contribution in [1.29, 1.82) is 0 Å². The monoisotopic (exact) mass is 689 g/mol. The molecule has 0 saturated heterocycles. The van der Waals surface area contributed by atoms with Gasteiger partial charge in [0.25, 0.3) is 0 Å². The molecule has 0 spiro atoms. The summed E-state index contributed by atoms with van der Waals surface area (Å²) in [6.07, 6.45) is 0. The van der Waals surface area contributed by atoms with E-state index in [9.17, 15) is 0 Å². The molecule has 0 aliphatic heterocycles. The standard InChI is InChI=1S/C52H35NO/c1-4-12-36(13-5-1)38-20-22-39(23-21-38)40-26-29-44(30-27-40)53(49-19-11-10-18-46(49)41-16-8-3-9-17-41)45-31-33-50-48(35-45)52-47-34-43(37-14-6-2-7-15-37)25-24-42(47)28-32-51(52)54-50/h1-35H. The van der Waals surface area contributed by atoms with E-state index in [-0.39, 0.29) is 0 Å². The third kappa shape index (κ3) is 5.71. The molecule has 2 heteroatoms. The van der Waals surface area contributed by atoms with E-state index >= 15 is 0 Å². The first-order valence-corrected chi connectivity index (χ1v) is 18.4. The molecule has 10 aromatic rings. The summed E-state index contributed by atoms with van der Waals surface area (Å²) in [7, 11) is 0. The van der Waals surface area contributed by atoms with Crippen LogP contribution < -0.4 is 4.90 Å². The van der Waals surface area contributed by atoms with Gasteiger partial charge in [-0.2, -0.15) is 0 Å². The Morgan fingerprint density at radius 3 is 1.46 bits per heavy atom. The third-order valence-corrected chi connectivity index (χ3v) is 10.5. The van der Waals surface area contributed by atoms with Gasteiger partial charge in [0.1, 0.15) is 11.2 Å². The van der Waals surface area contributed by atoms with Gasteiger partial charge in [0.2, 0.25) is 0 Å². The zero-order chi connectivity index (χ0) is 35.8. The molecule has 0 bridgehead atoms. The van der Waals surface area contributed by atoms with Crippen LogP contribution in [0.25, 0.3) is 77.2 Å². The zero-order valence-electron chi connectivity index (χ0n) is 29.6. The Morgan fingerprint density at radius 1 is 0.315 bits per heavy atom. The molecule has 54 heavy (non-hydrogen) atoms. The predicted molar refractivity (Wildman–Crippen MR) is 228 cm³/mol. The lowest BCUT2D eigenvalue weighted by molar-refractivity contribution is 0.669.